The molecule has 0 bridgehead atoms. The molecule has 0 spiro atoms. The molecule has 1 unspecified atom stereocenters. The summed E-state index contributed by atoms with van der Waals surface area (Å²) in [4.78, 5) is 18.8. The topological polar surface area (TPSA) is 53.4 Å². The van der Waals surface area contributed by atoms with Crippen LogP contribution in [0.5, 0.6) is 0 Å². The van der Waals surface area contributed by atoms with Gasteiger partial charge in [-0.2, -0.15) is 0 Å². The van der Waals surface area contributed by atoms with E-state index in [1.165, 1.54) is 25.3 Å². The molecular formula is C15H22N2O2S. The molecule has 1 aromatic rings. The van der Waals surface area contributed by atoms with Gasteiger partial charge < -0.3 is 10.0 Å². The number of nitrogens with zero attached hydrogens (tertiary/aromatic N) is 2. The number of aryl methyl sites for hydroxylation is 1. The van der Waals surface area contributed by atoms with Gasteiger partial charge in [0.15, 0.2) is 5.13 Å². The third-order valence-electron chi connectivity index (χ3n) is 3.63. The number of aromatic nitrogens is 1. The van der Waals surface area contributed by atoms with Crippen LogP contribution in [0.25, 0.3) is 6.08 Å². The van der Waals surface area contributed by atoms with Crippen LogP contribution in [0, 0.1) is 0 Å². The summed E-state index contributed by atoms with van der Waals surface area (Å²) in [5.41, 5.74) is 1.03. The van der Waals surface area contributed by atoms with Gasteiger partial charge in [0.1, 0.15) is 0 Å². The molecule has 1 saturated heterocycles. The van der Waals surface area contributed by atoms with E-state index in [1.807, 2.05) is 0 Å². The highest BCUT2D eigenvalue weighted by Crippen LogP contribution is 2.32. The maximum absolute atomic E-state index is 10.7. The van der Waals surface area contributed by atoms with E-state index in [2.05, 4.69) is 18.7 Å². The summed E-state index contributed by atoms with van der Waals surface area (Å²) in [6.45, 7) is 5.42. The standard InChI is InChI=1S/C15H22N2O2S/c1-3-6-12-13(8-9-14(18)19)20-15(16-12)17-10-5-4-7-11(17)2/h8-9,11H,3-7,10H2,1-2H3,(H,18,19)/b9-8+. The Bertz CT molecular complexity index is 496. The Labute approximate surface area is 124 Å². The number of piperidine rings is 1. The van der Waals surface area contributed by atoms with Crippen molar-refractivity contribution >= 4 is 28.5 Å². The van der Waals surface area contributed by atoms with Crippen molar-refractivity contribution in [2.45, 2.75) is 52.0 Å². The number of thiazole rings is 1. The summed E-state index contributed by atoms with van der Waals surface area (Å²) in [5.74, 6) is -0.909. The van der Waals surface area contributed by atoms with Gasteiger partial charge in [0.2, 0.25) is 0 Å². The maximum atomic E-state index is 10.7. The second-order valence-electron chi connectivity index (χ2n) is 5.27. The highest BCUT2D eigenvalue weighted by atomic mass is 32.1. The monoisotopic (exact) mass is 294 g/mol. The SMILES string of the molecule is CCCc1nc(N2CCCCC2C)sc1/C=C/C(=O)O. The van der Waals surface area contributed by atoms with Crippen LogP contribution >= 0.6 is 11.3 Å². The van der Waals surface area contributed by atoms with E-state index in [1.54, 1.807) is 17.4 Å². The first-order valence-electron chi connectivity index (χ1n) is 7.29. The van der Waals surface area contributed by atoms with Gasteiger partial charge in [-0.15, -0.1) is 0 Å². The van der Waals surface area contributed by atoms with Crippen molar-refractivity contribution in [2.75, 3.05) is 11.4 Å². The Balaban J connectivity index is 2.25. The summed E-state index contributed by atoms with van der Waals surface area (Å²) < 4.78 is 0. The lowest BCUT2D eigenvalue weighted by Crippen LogP contribution is -2.37. The predicted octanol–water partition coefficient (Wildman–Crippen LogP) is 3.57. The Morgan fingerprint density at radius 3 is 3.00 bits per heavy atom. The van der Waals surface area contributed by atoms with E-state index in [0.717, 1.165) is 35.1 Å². The molecule has 1 aliphatic rings. The first-order chi connectivity index (χ1) is 9.61. The molecule has 0 amide bonds. The lowest BCUT2D eigenvalue weighted by Gasteiger charge is -2.33. The van der Waals surface area contributed by atoms with E-state index in [0.29, 0.717) is 6.04 Å². The molecule has 1 fully saturated rings. The van der Waals surface area contributed by atoms with Crippen molar-refractivity contribution in [3.63, 3.8) is 0 Å². The highest BCUT2D eigenvalue weighted by Gasteiger charge is 2.22. The Morgan fingerprint density at radius 2 is 2.35 bits per heavy atom. The fourth-order valence-corrected chi connectivity index (χ4v) is 3.69. The van der Waals surface area contributed by atoms with Crippen molar-refractivity contribution in [2.24, 2.45) is 0 Å². The summed E-state index contributed by atoms with van der Waals surface area (Å²) in [6.07, 6.45) is 8.52. The summed E-state index contributed by atoms with van der Waals surface area (Å²) in [7, 11) is 0. The van der Waals surface area contributed by atoms with Crippen LogP contribution in [0.3, 0.4) is 0 Å². The van der Waals surface area contributed by atoms with Gasteiger partial charge in [-0.25, -0.2) is 9.78 Å². The number of rotatable bonds is 5. The number of carboxylic acids is 1. The van der Waals surface area contributed by atoms with Crippen LogP contribution in [0.1, 0.15) is 50.1 Å². The fraction of sp³-hybridized carbons (Fsp3) is 0.600. The molecule has 1 N–H and O–H groups in total. The molecule has 4 nitrogen and oxygen atoms in total. The second kappa shape index (κ2) is 6.88. The molecule has 0 radical (unpaired) electrons. The quantitative estimate of drug-likeness (QED) is 0.843. The van der Waals surface area contributed by atoms with Crippen molar-refractivity contribution in [3.05, 3.63) is 16.6 Å². The first kappa shape index (κ1) is 15.0. The lowest BCUT2D eigenvalue weighted by atomic mass is 10.0. The van der Waals surface area contributed by atoms with E-state index in [9.17, 15) is 4.79 Å². The largest absolute Gasteiger partial charge is 0.478 e. The van der Waals surface area contributed by atoms with Crippen molar-refractivity contribution in [1.29, 1.82) is 0 Å². The Hall–Kier alpha value is -1.36. The van der Waals surface area contributed by atoms with E-state index in [-0.39, 0.29) is 0 Å². The van der Waals surface area contributed by atoms with Crippen molar-refractivity contribution in [1.82, 2.24) is 4.98 Å². The summed E-state index contributed by atoms with van der Waals surface area (Å²) >= 11 is 1.62. The molecule has 20 heavy (non-hydrogen) atoms. The number of hydrogen-bond acceptors (Lipinski definition) is 4. The fourth-order valence-electron chi connectivity index (χ4n) is 2.55. The molecule has 1 aromatic heterocycles. The van der Waals surface area contributed by atoms with Crippen molar-refractivity contribution in [3.8, 4) is 0 Å². The van der Waals surface area contributed by atoms with E-state index < -0.39 is 5.97 Å². The minimum atomic E-state index is -0.909. The predicted molar refractivity (Wildman–Crippen MR) is 83.4 cm³/mol. The van der Waals surface area contributed by atoms with Crippen LogP contribution in [0.2, 0.25) is 0 Å². The van der Waals surface area contributed by atoms with Crippen LogP contribution < -0.4 is 4.90 Å². The Kier molecular flexibility index (Phi) is 5.17. The molecule has 2 heterocycles. The first-order valence-corrected chi connectivity index (χ1v) is 8.10. The molecule has 0 aromatic carbocycles. The minimum absolute atomic E-state index is 0.528. The molecule has 5 heteroatoms. The molecule has 1 atom stereocenters. The summed E-state index contributed by atoms with van der Waals surface area (Å²) in [5, 5.41) is 9.83. The summed E-state index contributed by atoms with van der Waals surface area (Å²) in [6, 6.07) is 0.528. The zero-order valence-electron chi connectivity index (χ0n) is 12.1. The van der Waals surface area contributed by atoms with Gasteiger partial charge >= 0.3 is 5.97 Å². The third kappa shape index (κ3) is 3.60. The molecule has 2 rings (SSSR count). The van der Waals surface area contributed by atoms with Gasteiger partial charge in [-0.05, 0) is 38.7 Å². The van der Waals surface area contributed by atoms with Crippen LogP contribution in [0.15, 0.2) is 6.08 Å². The van der Waals surface area contributed by atoms with Gasteiger partial charge in [0.05, 0.1) is 10.6 Å². The number of carbonyl (C=O) groups is 1. The number of anilines is 1. The second-order valence-corrected chi connectivity index (χ2v) is 6.28. The molecule has 0 saturated carbocycles. The van der Waals surface area contributed by atoms with Gasteiger partial charge in [-0.1, -0.05) is 24.7 Å². The number of hydrogen-bond donors (Lipinski definition) is 1. The van der Waals surface area contributed by atoms with Crippen molar-refractivity contribution < 1.29 is 9.90 Å². The molecule has 110 valence electrons. The molecule has 0 aliphatic carbocycles. The van der Waals surface area contributed by atoms with Crippen LogP contribution in [0.4, 0.5) is 5.13 Å². The minimum Gasteiger partial charge on any atom is -0.478 e. The zero-order valence-corrected chi connectivity index (χ0v) is 12.9. The normalized spacial score (nSPS) is 19.7. The lowest BCUT2D eigenvalue weighted by molar-refractivity contribution is -0.131. The number of aliphatic carboxylic acids is 1. The van der Waals surface area contributed by atoms with Gasteiger partial charge in [-0.3, -0.25) is 0 Å². The van der Waals surface area contributed by atoms with Crippen LogP contribution in [-0.4, -0.2) is 28.6 Å². The van der Waals surface area contributed by atoms with Gasteiger partial charge in [0.25, 0.3) is 0 Å². The average molecular weight is 294 g/mol. The van der Waals surface area contributed by atoms with Gasteiger partial charge in [0, 0.05) is 18.7 Å². The molecule has 1 aliphatic heterocycles. The Morgan fingerprint density at radius 1 is 1.55 bits per heavy atom. The smallest absolute Gasteiger partial charge is 0.328 e. The zero-order chi connectivity index (χ0) is 14.5. The van der Waals surface area contributed by atoms with Crippen LogP contribution in [-0.2, 0) is 11.2 Å². The number of carboxylic acid groups (broad SMARTS) is 1. The average Bonchev–Trinajstić information content (AvgIpc) is 2.80. The third-order valence-corrected chi connectivity index (χ3v) is 4.73. The van der Waals surface area contributed by atoms with E-state index >= 15 is 0 Å². The maximum Gasteiger partial charge on any atom is 0.328 e. The van der Waals surface area contributed by atoms with E-state index in [4.69, 9.17) is 10.1 Å². The molecular weight excluding hydrogens is 272 g/mol. The highest BCUT2D eigenvalue weighted by molar-refractivity contribution is 7.16.